The molecule has 0 atom stereocenters. The minimum atomic E-state index is -0.675. The highest BCUT2D eigenvalue weighted by Crippen LogP contribution is 2.17. The Morgan fingerprint density at radius 3 is 2.03 bits per heavy atom. The predicted octanol–water partition coefficient (Wildman–Crippen LogP) is 6.22. The van der Waals surface area contributed by atoms with Gasteiger partial charge in [0.05, 0.1) is 19.8 Å². The first-order chi connectivity index (χ1) is 14.7. The van der Waals surface area contributed by atoms with Gasteiger partial charge in [0.2, 0.25) is 0 Å². The Morgan fingerprint density at radius 1 is 0.833 bits per heavy atom. The third kappa shape index (κ3) is 12.3. The van der Waals surface area contributed by atoms with Crippen LogP contribution in [0.15, 0.2) is 6.20 Å². The molecular formula is C24H42FNO4. The number of nitrogens with one attached hydrogen (secondary N) is 1. The average Bonchev–Trinajstić information content (AvgIpc) is 3.11. The molecule has 0 aliphatic heterocycles. The number of esters is 1. The number of unbranched alkanes of at least 4 members (excludes halogenated alkanes) is 10. The number of ether oxygens (including phenoxy) is 3. The van der Waals surface area contributed by atoms with Crippen LogP contribution in [0, 0.1) is 5.82 Å². The third-order valence-corrected chi connectivity index (χ3v) is 5.18. The number of hydrogen-bond acceptors (Lipinski definition) is 4. The number of aromatic nitrogens is 1. The molecule has 0 bridgehead atoms. The molecule has 1 aromatic heterocycles. The predicted molar refractivity (Wildman–Crippen MR) is 119 cm³/mol. The summed E-state index contributed by atoms with van der Waals surface area (Å²) in [5.74, 6) is -1.16. The van der Waals surface area contributed by atoms with E-state index in [4.69, 9.17) is 14.2 Å². The van der Waals surface area contributed by atoms with Crippen LogP contribution in [0.1, 0.15) is 101 Å². The smallest absolute Gasteiger partial charge is 0.357 e. The van der Waals surface area contributed by atoms with Crippen molar-refractivity contribution in [2.75, 3.05) is 33.0 Å². The summed E-state index contributed by atoms with van der Waals surface area (Å²) >= 11 is 0. The summed E-state index contributed by atoms with van der Waals surface area (Å²) in [4.78, 5) is 14.7. The van der Waals surface area contributed by atoms with Gasteiger partial charge in [-0.1, -0.05) is 71.1 Å². The Balaban J connectivity index is 2.09. The van der Waals surface area contributed by atoms with Gasteiger partial charge in [-0.3, -0.25) is 0 Å². The zero-order chi connectivity index (χ0) is 21.9. The van der Waals surface area contributed by atoms with Gasteiger partial charge >= 0.3 is 5.97 Å². The number of carbonyl (C=O) groups excluding carboxylic acids is 1. The molecule has 1 N–H and O–H groups in total. The molecule has 1 heterocycles. The van der Waals surface area contributed by atoms with E-state index in [1.165, 1.54) is 57.8 Å². The normalized spacial score (nSPS) is 11.2. The van der Waals surface area contributed by atoms with Gasteiger partial charge in [-0.15, -0.1) is 0 Å². The largest absolute Gasteiger partial charge is 0.458 e. The second-order valence-corrected chi connectivity index (χ2v) is 7.73. The number of H-pyrrole nitrogens is 1. The van der Waals surface area contributed by atoms with Crippen molar-refractivity contribution >= 4 is 5.97 Å². The minimum Gasteiger partial charge on any atom is -0.458 e. The molecule has 0 aliphatic carbocycles. The molecule has 6 heteroatoms. The molecule has 30 heavy (non-hydrogen) atoms. The Kier molecular flexibility index (Phi) is 16.3. The van der Waals surface area contributed by atoms with E-state index in [-0.39, 0.29) is 18.9 Å². The van der Waals surface area contributed by atoms with Gasteiger partial charge in [0, 0.05) is 18.4 Å². The van der Waals surface area contributed by atoms with Crippen molar-refractivity contribution in [3.63, 3.8) is 0 Å². The van der Waals surface area contributed by atoms with E-state index in [0.29, 0.717) is 31.8 Å². The molecule has 5 nitrogen and oxygen atoms in total. The lowest BCUT2D eigenvalue weighted by Gasteiger charge is -2.05. The zero-order valence-corrected chi connectivity index (χ0v) is 19.1. The van der Waals surface area contributed by atoms with E-state index in [1.54, 1.807) is 6.20 Å². The molecule has 0 amide bonds. The molecule has 0 saturated carbocycles. The Labute approximate surface area is 182 Å². The maximum atomic E-state index is 14.4. The third-order valence-electron chi connectivity index (χ3n) is 5.18. The molecule has 0 aromatic carbocycles. The lowest BCUT2D eigenvalue weighted by Crippen LogP contribution is -2.14. The van der Waals surface area contributed by atoms with Crippen LogP contribution in [0.5, 0.6) is 0 Å². The van der Waals surface area contributed by atoms with Crippen LogP contribution in [0.2, 0.25) is 0 Å². The summed E-state index contributed by atoms with van der Waals surface area (Å²) in [6, 6.07) is 0. The molecule has 0 aliphatic rings. The van der Waals surface area contributed by atoms with E-state index in [2.05, 4.69) is 11.9 Å². The highest BCUT2D eigenvalue weighted by molar-refractivity contribution is 5.88. The SMILES string of the molecule is CCCCCCCCCCCCCc1c[nH]c(C(=O)OCCOCCOCC)c1F. The summed E-state index contributed by atoms with van der Waals surface area (Å²) in [7, 11) is 0. The van der Waals surface area contributed by atoms with E-state index in [1.807, 2.05) is 6.92 Å². The number of hydrogen-bond donors (Lipinski definition) is 1. The van der Waals surface area contributed by atoms with Crippen molar-refractivity contribution < 1.29 is 23.4 Å². The van der Waals surface area contributed by atoms with Crippen molar-refractivity contribution in [1.29, 1.82) is 0 Å². The van der Waals surface area contributed by atoms with Crippen molar-refractivity contribution in [1.82, 2.24) is 4.98 Å². The Morgan fingerprint density at radius 2 is 1.40 bits per heavy atom. The van der Waals surface area contributed by atoms with Crippen LogP contribution < -0.4 is 0 Å². The molecular weight excluding hydrogens is 385 g/mol. The van der Waals surface area contributed by atoms with Gasteiger partial charge in [0.1, 0.15) is 6.61 Å². The molecule has 1 aromatic rings. The summed E-state index contributed by atoms with van der Waals surface area (Å²) in [6.07, 6.45) is 16.1. The number of carbonyl (C=O) groups is 1. The van der Waals surface area contributed by atoms with Gasteiger partial charge < -0.3 is 19.2 Å². The first kappa shape index (κ1) is 26.6. The van der Waals surface area contributed by atoms with Gasteiger partial charge in [0.15, 0.2) is 11.5 Å². The second kappa shape index (κ2) is 18.4. The van der Waals surface area contributed by atoms with Crippen LogP contribution in [0.3, 0.4) is 0 Å². The first-order valence-electron chi connectivity index (χ1n) is 11.9. The quantitative estimate of drug-likeness (QED) is 0.198. The maximum Gasteiger partial charge on any atom is 0.357 e. The second-order valence-electron chi connectivity index (χ2n) is 7.73. The molecule has 0 saturated heterocycles. The summed E-state index contributed by atoms with van der Waals surface area (Å²) in [6.45, 7) is 6.13. The maximum absolute atomic E-state index is 14.4. The van der Waals surface area contributed by atoms with Crippen molar-refractivity contribution in [2.24, 2.45) is 0 Å². The van der Waals surface area contributed by atoms with Crippen molar-refractivity contribution in [3.05, 3.63) is 23.3 Å². The summed E-state index contributed by atoms with van der Waals surface area (Å²) < 4.78 is 29.9. The number of halogens is 1. The minimum absolute atomic E-state index is 0.0946. The van der Waals surface area contributed by atoms with Gasteiger partial charge in [-0.2, -0.15) is 0 Å². The van der Waals surface area contributed by atoms with E-state index in [0.717, 1.165) is 12.8 Å². The van der Waals surface area contributed by atoms with Gasteiger partial charge in [0.25, 0.3) is 0 Å². The Hall–Kier alpha value is -1.40. The van der Waals surface area contributed by atoms with Crippen LogP contribution in [0.25, 0.3) is 0 Å². The first-order valence-corrected chi connectivity index (χ1v) is 11.9. The van der Waals surface area contributed by atoms with Crippen molar-refractivity contribution in [3.8, 4) is 0 Å². The number of aromatic amines is 1. The average molecular weight is 428 g/mol. The highest BCUT2D eigenvalue weighted by Gasteiger charge is 2.18. The summed E-state index contributed by atoms with van der Waals surface area (Å²) in [5, 5.41) is 0. The van der Waals surface area contributed by atoms with Crippen LogP contribution in [0.4, 0.5) is 4.39 Å². The highest BCUT2D eigenvalue weighted by atomic mass is 19.1. The molecule has 0 fully saturated rings. The van der Waals surface area contributed by atoms with Gasteiger partial charge in [-0.25, -0.2) is 9.18 Å². The molecule has 0 unspecified atom stereocenters. The fraction of sp³-hybridized carbons (Fsp3) is 0.792. The topological polar surface area (TPSA) is 60.6 Å². The molecule has 0 radical (unpaired) electrons. The molecule has 0 spiro atoms. The summed E-state index contributed by atoms with van der Waals surface area (Å²) in [5.41, 5.74) is 0.466. The lowest BCUT2D eigenvalue weighted by molar-refractivity contribution is 0.0158. The lowest BCUT2D eigenvalue weighted by atomic mass is 10.0. The van der Waals surface area contributed by atoms with E-state index >= 15 is 0 Å². The zero-order valence-electron chi connectivity index (χ0n) is 19.1. The monoisotopic (exact) mass is 427 g/mol. The van der Waals surface area contributed by atoms with E-state index < -0.39 is 11.8 Å². The van der Waals surface area contributed by atoms with Crippen LogP contribution in [-0.4, -0.2) is 44.0 Å². The standard InChI is InChI=1S/C24H42FNO4/c1-3-5-6-7-8-9-10-11-12-13-14-15-21-20-26-23(22(21)25)24(27)30-19-18-29-17-16-28-4-2/h20,26H,3-19H2,1-2H3. The van der Waals surface area contributed by atoms with Gasteiger partial charge in [-0.05, 0) is 19.8 Å². The molecule has 1 rings (SSSR count). The Bertz CT molecular complexity index is 547. The fourth-order valence-corrected chi connectivity index (χ4v) is 3.39. The molecule has 174 valence electrons. The fourth-order valence-electron chi connectivity index (χ4n) is 3.39. The van der Waals surface area contributed by atoms with E-state index in [9.17, 15) is 9.18 Å². The van der Waals surface area contributed by atoms with Crippen LogP contribution >= 0.6 is 0 Å². The van der Waals surface area contributed by atoms with Crippen molar-refractivity contribution in [2.45, 2.75) is 90.9 Å². The number of aryl methyl sites for hydroxylation is 1. The van der Waals surface area contributed by atoms with Crippen LogP contribution in [-0.2, 0) is 20.6 Å². The number of rotatable bonds is 20.